The third-order valence-electron chi connectivity index (χ3n) is 4.21. The normalized spacial score (nSPS) is 16.1. The summed E-state index contributed by atoms with van der Waals surface area (Å²) in [5.41, 5.74) is 1.84. The highest BCUT2D eigenvalue weighted by atomic mass is 32.2. The van der Waals surface area contributed by atoms with Crippen LogP contribution in [-0.4, -0.2) is 45.6 Å². The molecule has 1 aromatic carbocycles. The maximum Gasteiger partial charge on any atom is 0.247 e. The Labute approximate surface area is 156 Å². The van der Waals surface area contributed by atoms with E-state index in [-0.39, 0.29) is 5.91 Å². The highest BCUT2D eigenvalue weighted by Crippen LogP contribution is 2.19. The van der Waals surface area contributed by atoms with Gasteiger partial charge >= 0.3 is 0 Å². The average molecular weight is 370 g/mol. The number of hydrogen-bond donors (Lipinski definition) is 1. The second kappa shape index (κ2) is 8.25. The van der Waals surface area contributed by atoms with Crippen molar-refractivity contribution in [1.29, 1.82) is 0 Å². The van der Waals surface area contributed by atoms with Crippen molar-refractivity contribution in [3.05, 3.63) is 60.8 Å². The molecule has 1 amide bonds. The van der Waals surface area contributed by atoms with Gasteiger partial charge in [-0.2, -0.15) is 0 Å². The van der Waals surface area contributed by atoms with E-state index in [1.165, 1.54) is 11.6 Å². The Kier molecular flexibility index (Phi) is 5.80. The molecule has 1 aliphatic rings. The van der Waals surface area contributed by atoms with Gasteiger partial charge in [-0.1, -0.05) is 6.58 Å². The maximum atomic E-state index is 12.8. The first-order valence-electron chi connectivity index (χ1n) is 8.45. The molecule has 1 N–H and O–H groups in total. The number of nitrogens with zero attached hydrogens (tertiary/aromatic N) is 3. The van der Waals surface area contributed by atoms with Crippen LogP contribution in [0.2, 0.25) is 0 Å². The number of rotatable bonds is 5. The van der Waals surface area contributed by atoms with Gasteiger partial charge in [0.05, 0.1) is 4.90 Å². The fraction of sp³-hybridized carbons (Fsp3) is 0.263. The first-order chi connectivity index (χ1) is 12.6. The molecule has 2 heterocycles. The molecule has 0 bridgehead atoms. The molecule has 0 saturated carbocycles. The van der Waals surface area contributed by atoms with Crippen molar-refractivity contribution in [2.75, 3.05) is 36.4 Å². The number of aromatic nitrogens is 1. The van der Waals surface area contributed by atoms with Crippen LogP contribution in [0.5, 0.6) is 0 Å². The molecule has 1 atom stereocenters. The summed E-state index contributed by atoms with van der Waals surface area (Å²) in [6.45, 7) is 8.46. The topological polar surface area (TPSA) is 65.5 Å². The van der Waals surface area contributed by atoms with Gasteiger partial charge in [0.1, 0.15) is 16.8 Å². The molecule has 1 unspecified atom stereocenters. The van der Waals surface area contributed by atoms with Gasteiger partial charge < -0.3 is 10.2 Å². The molecule has 0 spiro atoms. The lowest BCUT2D eigenvalue weighted by molar-refractivity contribution is -0.111. The van der Waals surface area contributed by atoms with Crippen LogP contribution in [0.4, 0.5) is 11.5 Å². The summed E-state index contributed by atoms with van der Waals surface area (Å²) in [5.74, 6) is 0.706. The lowest BCUT2D eigenvalue weighted by atomic mass is 10.2. The van der Waals surface area contributed by atoms with E-state index < -0.39 is 11.0 Å². The minimum Gasteiger partial charge on any atom is -0.354 e. The maximum absolute atomic E-state index is 12.8. The predicted octanol–water partition coefficient (Wildman–Crippen LogP) is 2.36. The fourth-order valence-corrected chi connectivity index (χ4v) is 3.94. The average Bonchev–Trinajstić information content (AvgIpc) is 2.68. The van der Waals surface area contributed by atoms with Gasteiger partial charge in [-0.25, -0.2) is 13.5 Å². The van der Waals surface area contributed by atoms with E-state index in [1.807, 2.05) is 16.6 Å². The van der Waals surface area contributed by atoms with E-state index in [9.17, 15) is 9.00 Å². The van der Waals surface area contributed by atoms with Crippen molar-refractivity contribution in [2.45, 2.75) is 11.8 Å². The SMILES string of the molecule is C=CC(=O)Nc1ccc(S(=O)N2CCN(c3cc(C)ccn3)CC2)cc1. The van der Waals surface area contributed by atoms with Gasteiger partial charge in [-0.3, -0.25) is 4.79 Å². The Bertz CT molecular complexity index is 815. The van der Waals surface area contributed by atoms with Crippen molar-refractivity contribution in [2.24, 2.45) is 0 Å². The lowest BCUT2D eigenvalue weighted by Crippen LogP contribution is -2.47. The standard InChI is InChI=1S/C19H22N4O2S/c1-3-19(24)21-16-4-6-17(7-5-16)26(25)23-12-10-22(11-13-23)18-14-15(2)8-9-20-18/h3-9,14H,1,10-13H2,2H3,(H,21,24). The molecule has 1 aliphatic heterocycles. The zero-order valence-corrected chi connectivity index (χ0v) is 15.5. The summed E-state index contributed by atoms with van der Waals surface area (Å²) in [7, 11) is -1.21. The van der Waals surface area contributed by atoms with Crippen LogP contribution >= 0.6 is 0 Å². The van der Waals surface area contributed by atoms with Crippen LogP contribution in [0.3, 0.4) is 0 Å². The van der Waals surface area contributed by atoms with Crippen LogP contribution in [-0.2, 0) is 15.8 Å². The van der Waals surface area contributed by atoms with E-state index in [0.717, 1.165) is 23.8 Å². The second-order valence-electron chi connectivity index (χ2n) is 6.07. The summed E-state index contributed by atoms with van der Waals surface area (Å²) in [6.07, 6.45) is 3.04. The quantitative estimate of drug-likeness (QED) is 0.821. The Balaban J connectivity index is 1.59. The van der Waals surface area contributed by atoms with Crippen molar-refractivity contribution >= 4 is 28.4 Å². The molecular formula is C19H22N4O2S. The highest BCUT2D eigenvalue weighted by Gasteiger charge is 2.23. The number of amides is 1. The molecular weight excluding hydrogens is 348 g/mol. The molecule has 2 aromatic rings. The number of pyridine rings is 1. The smallest absolute Gasteiger partial charge is 0.247 e. The Morgan fingerprint density at radius 2 is 1.88 bits per heavy atom. The monoisotopic (exact) mass is 370 g/mol. The number of piperazine rings is 1. The van der Waals surface area contributed by atoms with Gasteiger partial charge in [0, 0.05) is 38.1 Å². The molecule has 3 rings (SSSR count). The largest absolute Gasteiger partial charge is 0.354 e. The van der Waals surface area contributed by atoms with E-state index in [2.05, 4.69) is 34.8 Å². The van der Waals surface area contributed by atoms with E-state index in [1.54, 1.807) is 24.3 Å². The summed E-state index contributed by atoms with van der Waals surface area (Å²) >= 11 is 0. The van der Waals surface area contributed by atoms with Gasteiger partial charge in [0.2, 0.25) is 5.91 Å². The van der Waals surface area contributed by atoms with E-state index >= 15 is 0 Å². The van der Waals surface area contributed by atoms with Gasteiger partial charge in [0.15, 0.2) is 0 Å². The van der Waals surface area contributed by atoms with Gasteiger partial charge in [-0.15, -0.1) is 0 Å². The van der Waals surface area contributed by atoms with Crippen LogP contribution in [0, 0.1) is 6.92 Å². The second-order valence-corrected chi connectivity index (χ2v) is 7.56. The highest BCUT2D eigenvalue weighted by molar-refractivity contribution is 7.82. The number of nitrogens with one attached hydrogen (secondary N) is 1. The zero-order chi connectivity index (χ0) is 18.5. The number of carbonyl (C=O) groups excluding carboxylic acids is 1. The minimum absolute atomic E-state index is 0.264. The zero-order valence-electron chi connectivity index (χ0n) is 14.7. The van der Waals surface area contributed by atoms with Crippen molar-refractivity contribution in [3.63, 3.8) is 0 Å². The van der Waals surface area contributed by atoms with Crippen molar-refractivity contribution in [1.82, 2.24) is 9.29 Å². The Hall–Kier alpha value is -2.51. The summed E-state index contributed by atoms with van der Waals surface area (Å²) in [5, 5.41) is 2.68. The summed E-state index contributed by atoms with van der Waals surface area (Å²) in [6, 6.07) is 11.1. The number of hydrogen-bond acceptors (Lipinski definition) is 4. The number of benzene rings is 1. The van der Waals surface area contributed by atoms with Gasteiger partial charge in [-0.05, 0) is 55.0 Å². The third kappa shape index (κ3) is 4.36. The third-order valence-corrected chi connectivity index (χ3v) is 5.72. The Morgan fingerprint density at radius 3 is 2.50 bits per heavy atom. The first kappa shape index (κ1) is 18.3. The lowest BCUT2D eigenvalue weighted by Gasteiger charge is -2.34. The molecule has 0 aliphatic carbocycles. The first-order valence-corrected chi connectivity index (χ1v) is 9.55. The minimum atomic E-state index is -1.21. The summed E-state index contributed by atoms with van der Waals surface area (Å²) in [4.78, 5) is 18.7. The van der Waals surface area contributed by atoms with Crippen molar-refractivity contribution in [3.8, 4) is 0 Å². The van der Waals surface area contributed by atoms with E-state index in [0.29, 0.717) is 18.8 Å². The molecule has 7 heteroatoms. The molecule has 136 valence electrons. The van der Waals surface area contributed by atoms with Crippen LogP contribution in [0.1, 0.15) is 5.56 Å². The van der Waals surface area contributed by atoms with Crippen molar-refractivity contribution < 1.29 is 9.00 Å². The molecule has 6 nitrogen and oxygen atoms in total. The molecule has 26 heavy (non-hydrogen) atoms. The number of carbonyl (C=O) groups is 1. The van der Waals surface area contributed by atoms with Crippen LogP contribution in [0.15, 0.2) is 60.1 Å². The molecule has 0 radical (unpaired) electrons. The fourth-order valence-electron chi connectivity index (χ4n) is 2.77. The summed E-state index contributed by atoms with van der Waals surface area (Å²) < 4.78 is 14.7. The van der Waals surface area contributed by atoms with Crippen LogP contribution < -0.4 is 10.2 Å². The molecule has 1 aromatic heterocycles. The molecule has 1 saturated heterocycles. The Morgan fingerprint density at radius 1 is 1.19 bits per heavy atom. The van der Waals surface area contributed by atoms with Gasteiger partial charge in [0.25, 0.3) is 0 Å². The van der Waals surface area contributed by atoms with E-state index in [4.69, 9.17) is 0 Å². The van der Waals surface area contributed by atoms with Crippen LogP contribution in [0.25, 0.3) is 0 Å². The number of aryl methyl sites for hydroxylation is 1. The predicted molar refractivity (Wildman–Crippen MR) is 104 cm³/mol. The molecule has 1 fully saturated rings. The number of anilines is 2.